The third-order valence-corrected chi connectivity index (χ3v) is 5.42. The number of carbonyl (C=O) groups is 1. The summed E-state index contributed by atoms with van der Waals surface area (Å²) in [4.78, 5) is 12.5. The molecule has 0 aliphatic heterocycles. The van der Waals surface area contributed by atoms with Crippen molar-refractivity contribution in [2.75, 3.05) is 6.61 Å². The maximum atomic E-state index is 12.5. The number of hydrogen-bond donors (Lipinski definition) is 0. The zero-order valence-corrected chi connectivity index (χ0v) is 17.2. The number of esters is 1. The minimum atomic E-state index is -0.372. The van der Waals surface area contributed by atoms with Crippen LogP contribution in [0.25, 0.3) is 0 Å². The molecule has 0 saturated carbocycles. The van der Waals surface area contributed by atoms with Crippen molar-refractivity contribution in [1.82, 2.24) is 0 Å². The first kappa shape index (κ1) is 21.1. The highest BCUT2D eigenvalue weighted by molar-refractivity contribution is 5.91. The molecule has 4 nitrogen and oxygen atoms in total. The Labute approximate surface area is 173 Å². The van der Waals surface area contributed by atoms with E-state index in [-0.39, 0.29) is 12.1 Å². The standard InChI is InChI=1S/C25H29NO3/c1-2-3-4-5-6-15-28-24-14-11-20-16-22(10-9-21(20)17-24)25(27)29-23-12-7-19(18-26)8-13-23/h7-10,12-13,16,24H,2-6,11,14-15,17H2,1H3. The fourth-order valence-electron chi connectivity index (χ4n) is 3.71. The van der Waals surface area contributed by atoms with E-state index in [4.69, 9.17) is 14.7 Å². The van der Waals surface area contributed by atoms with E-state index in [1.165, 1.54) is 36.8 Å². The number of fused-ring (bicyclic) bond motifs is 1. The van der Waals surface area contributed by atoms with E-state index in [1.807, 2.05) is 18.2 Å². The summed E-state index contributed by atoms with van der Waals surface area (Å²) in [5, 5.41) is 8.84. The molecule has 1 aliphatic carbocycles. The summed E-state index contributed by atoms with van der Waals surface area (Å²) in [5.41, 5.74) is 3.57. The molecule has 29 heavy (non-hydrogen) atoms. The van der Waals surface area contributed by atoms with E-state index in [1.54, 1.807) is 24.3 Å². The Morgan fingerprint density at radius 2 is 1.86 bits per heavy atom. The average molecular weight is 392 g/mol. The van der Waals surface area contributed by atoms with Gasteiger partial charge in [0.2, 0.25) is 0 Å². The van der Waals surface area contributed by atoms with Crippen molar-refractivity contribution in [3.05, 3.63) is 64.7 Å². The largest absolute Gasteiger partial charge is 0.423 e. The Morgan fingerprint density at radius 3 is 2.62 bits per heavy atom. The maximum absolute atomic E-state index is 12.5. The summed E-state index contributed by atoms with van der Waals surface area (Å²) in [6.45, 7) is 3.08. The van der Waals surface area contributed by atoms with E-state index in [0.717, 1.165) is 32.3 Å². The third-order valence-electron chi connectivity index (χ3n) is 5.42. The zero-order chi connectivity index (χ0) is 20.5. The molecule has 152 valence electrons. The molecule has 2 aromatic carbocycles. The van der Waals surface area contributed by atoms with Crippen molar-refractivity contribution in [3.63, 3.8) is 0 Å². The molecule has 0 amide bonds. The Hall–Kier alpha value is -2.64. The zero-order valence-electron chi connectivity index (χ0n) is 17.2. The van der Waals surface area contributed by atoms with Crippen LogP contribution in [0, 0.1) is 11.3 Å². The summed E-state index contributed by atoms with van der Waals surface area (Å²) in [7, 11) is 0. The highest BCUT2D eigenvalue weighted by Gasteiger charge is 2.21. The van der Waals surface area contributed by atoms with Gasteiger partial charge in [-0.25, -0.2) is 4.79 Å². The van der Waals surface area contributed by atoms with Crippen LogP contribution in [0.3, 0.4) is 0 Å². The van der Waals surface area contributed by atoms with Gasteiger partial charge in [0.05, 0.1) is 23.3 Å². The normalized spacial score (nSPS) is 15.4. The Kier molecular flexibility index (Phi) is 7.84. The van der Waals surface area contributed by atoms with Gasteiger partial charge < -0.3 is 9.47 Å². The molecule has 3 rings (SSSR count). The van der Waals surface area contributed by atoms with Crippen molar-refractivity contribution in [2.45, 2.75) is 64.4 Å². The molecule has 2 aromatic rings. The van der Waals surface area contributed by atoms with Gasteiger partial charge in [-0.2, -0.15) is 5.26 Å². The molecule has 0 spiro atoms. The van der Waals surface area contributed by atoms with E-state index in [9.17, 15) is 4.79 Å². The summed E-state index contributed by atoms with van der Waals surface area (Å²) in [6, 6.07) is 14.4. The third kappa shape index (κ3) is 6.17. The lowest BCUT2D eigenvalue weighted by atomic mass is 9.88. The van der Waals surface area contributed by atoms with Crippen molar-refractivity contribution < 1.29 is 14.3 Å². The molecule has 1 aliphatic rings. The molecule has 0 aromatic heterocycles. The number of unbranched alkanes of at least 4 members (excludes halogenated alkanes) is 4. The molecule has 0 saturated heterocycles. The van der Waals surface area contributed by atoms with Gasteiger partial charge in [-0.1, -0.05) is 38.7 Å². The second-order valence-corrected chi connectivity index (χ2v) is 7.66. The van der Waals surface area contributed by atoms with Crippen molar-refractivity contribution in [1.29, 1.82) is 5.26 Å². The second-order valence-electron chi connectivity index (χ2n) is 7.66. The van der Waals surface area contributed by atoms with Crippen LogP contribution in [0.15, 0.2) is 42.5 Å². The highest BCUT2D eigenvalue weighted by atomic mass is 16.5. The molecule has 0 radical (unpaired) electrons. The topological polar surface area (TPSA) is 59.3 Å². The van der Waals surface area contributed by atoms with E-state index >= 15 is 0 Å². The number of carbonyl (C=O) groups excluding carboxylic acids is 1. The smallest absolute Gasteiger partial charge is 0.343 e. The Bertz CT molecular complexity index is 851. The molecular formula is C25H29NO3. The highest BCUT2D eigenvalue weighted by Crippen LogP contribution is 2.25. The van der Waals surface area contributed by atoms with E-state index < -0.39 is 0 Å². The molecule has 0 heterocycles. The van der Waals surface area contributed by atoms with Gasteiger partial charge in [-0.05, 0) is 73.2 Å². The van der Waals surface area contributed by atoms with Gasteiger partial charge in [0.15, 0.2) is 0 Å². The first-order chi connectivity index (χ1) is 14.2. The van der Waals surface area contributed by atoms with E-state index in [0.29, 0.717) is 16.9 Å². The lowest BCUT2D eigenvalue weighted by Crippen LogP contribution is -2.23. The number of nitriles is 1. The summed E-state index contributed by atoms with van der Waals surface area (Å²) in [6.07, 6.45) is 9.39. The maximum Gasteiger partial charge on any atom is 0.343 e. The van der Waals surface area contributed by atoms with Gasteiger partial charge in [0.25, 0.3) is 0 Å². The molecule has 4 heteroatoms. The van der Waals surface area contributed by atoms with Crippen LogP contribution in [0.5, 0.6) is 5.75 Å². The molecule has 0 N–H and O–H groups in total. The lowest BCUT2D eigenvalue weighted by molar-refractivity contribution is 0.0417. The number of hydrogen-bond acceptors (Lipinski definition) is 4. The fraction of sp³-hybridized carbons (Fsp3) is 0.440. The molecular weight excluding hydrogens is 362 g/mol. The molecule has 0 bridgehead atoms. The Balaban J connectivity index is 1.51. The van der Waals surface area contributed by atoms with Crippen LogP contribution in [0.4, 0.5) is 0 Å². The fourth-order valence-corrected chi connectivity index (χ4v) is 3.71. The number of ether oxygens (including phenoxy) is 2. The monoisotopic (exact) mass is 391 g/mol. The SMILES string of the molecule is CCCCCCCOC1CCc2cc(C(=O)Oc3ccc(C#N)cc3)ccc2C1. The van der Waals surface area contributed by atoms with Crippen molar-refractivity contribution in [2.24, 2.45) is 0 Å². The van der Waals surface area contributed by atoms with Crippen LogP contribution < -0.4 is 4.74 Å². The van der Waals surface area contributed by atoms with E-state index in [2.05, 4.69) is 13.0 Å². The van der Waals surface area contributed by atoms with Gasteiger partial charge >= 0.3 is 5.97 Å². The first-order valence-electron chi connectivity index (χ1n) is 10.7. The number of rotatable bonds is 9. The van der Waals surface area contributed by atoms with Crippen molar-refractivity contribution >= 4 is 5.97 Å². The number of benzene rings is 2. The quantitative estimate of drug-likeness (QED) is 0.316. The van der Waals surface area contributed by atoms with Crippen LogP contribution in [-0.2, 0) is 17.6 Å². The van der Waals surface area contributed by atoms with Crippen LogP contribution in [-0.4, -0.2) is 18.7 Å². The van der Waals surface area contributed by atoms with Gasteiger partial charge in [0.1, 0.15) is 5.75 Å². The summed E-state index contributed by atoms with van der Waals surface area (Å²) >= 11 is 0. The molecule has 0 fully saturated rings. The predicted octanol–water partition coefficient (Wildman–Crippen LogP) is 5.62. The summed E-state index contributed by atoms with van der Waals surface area (Å²) < 4.78 is 11.5. The van der Waals surface area contributed by atoms with Gasteiger partial charge in [-0.15, -0.1) is 0 Å². The second kappa shape index (κ2) is 10.8. The first-order valence-corrected chi connectivity index (χ1v) is 10.7. The minimum absolute atomic E-state index is 0.283. The van der Waals surface area contributed by atoms with Crippen molar-refractivity contribution in [3.8, 4) is 11.8 Å². The Morgan fingerprint density at radius 1 is 1.07 bits per heavy atom. The average Bonchev–Trinajstić information content (AvgIpc) is 2.76. The minimum Gasteiger partial charge on any atom is -0.423 e. The number of aryl methyl sites for hydroxylation is 1. The predicted molar refractivity (Wildman–Crippen MR) is 113 cm³/mol. The van der Waals surface area contributed by atoms with Gasteiger partial charge in [0, 0.05) is 6.61 Å². The van der Waals surface area contributed by atoms with Crippen LogP contribution in [0.2, 0.25) is 0 Å². The molecule has 1 unspecified atom stereocenters. The van der Waals surface area contributed by atoms with Crippen LogP contribution in [0.1, 0.15) is 72.5 Å². The molecule has 1 atom stereocenters. The lowest BCUT2D eigenvalue weighted by Gasteiger charge is -2.25. The van der Waals surface area contributed by atoms with Crippen LogP contribution >= 0.6 is 0 Å². The summed E-state index contributed by atoms with van der Waals surface area (Å²) in [5.74, 6) is 0.0714. The van der Waals surface area contributed by atoms with Gasteiger partial charge in [-0.3, -0.25) is 0 Å². The number of nitrogens with zero attached hydrogens (tertiary/aromatic N) is 1.